The summed E-state index contributed by atoms with van der Waals surface area (Å²) < 4.78 is 26.1. The van der Waals surface area contributed by atoms with E-state index in [0.29, 0.717) is 17.5 Å². The molecule has 2 N–H and O–H groups in total. The molecule has 0 aromatic heterocycles. The Morgan fingerprint density at radius 2 is 2.11 bits per heavy atom. The van der Waals surface area contributed by atoms with E-state index in [1.807, 2.05) is 6.92 Å². The number of carbonyl (C=O) groups is 1. The molecule has 0 spiro atoms. The van der Waals surface area contributed by atoms with Crippen LogP contribution in [0, 0.1) is 0 Å². The molecule has 2 rings (SSSR count). The summed E-state index contributed by atoms with van der Waals surface area (Å²) in [5.41, 5.74) is 7.24. The molecule has 98 valence electrons. The molecule has 1 aromatic carbocycles. The number of alkyl halides is 2. The average Bonchev–Trinajstić information content (AvgIpc) is 3.12. The van der Waals surface area contributed by atoms with Crippen LogP contribution in [-0.4, -0.2) is 5.91 Å². The fourth-order valence-corrected chi connectivity index (χ4v) is 2.48. The van der Waals surface area contributed by atoms with Gasteiger partial charge in [0, 0.05) is 11.1 Å². The molecule has 2 nitrogen and oxygen atoms in total. The van der Waals surface area contributed by atoms with Crippen LogP contribution in [0.25, 0.3) is 0 Å². The Kier molecular flexibility index (Phi) is 3.64. The van der Waals surface area contributed by atoms with Gasteiger partial charge in [0.25, 0.3) is 6.43 Å². The number of hydrogen-bond donors (Lipinski definition) is 1. The second-order valence-electron chi connectivity index (χ2n) is 4.78. The summed E-state index contributed by atoms with van der Waals surface area (Å²) in [7, 11) is 0. The molecule has 18 heavy (non-hydrogen) atoms. The smallest absolute Gasteiger partial charge is 0.264 e. The van der Waals surface area contributed by atoms with Crippen LogP contribution in [0.2, 0.25) is 0 Å². The summed E-state index contributed by atoms with van der Waals surface area (Å²) in [6, 6.07) is 2.80. The van der Waals surface area contributed by atoms with Crippen molar-refractivity contribution in [1.29, 1.82) is 0 Å². The molecular formula is C14H17F2NO. The van der Waals surface area contributed by atoms with Crippen molar-refractivity contribution in [3.63, 3.8) is 0 Å². The van der Waals surface area contributed by atoms with E-state index in [1.54, 1.807) is 0 Å². The Morgan fingerprint density at radius 3 is 2.56 bits per heavy atom. The second-order valence-corrected chi connectivity index (χ2v) is 4.78. The topological polar surface area (TPSA) is 43.1 Å². The lowest BCUT2D eigenvalue weighted by Crippen LogP contribution is -2.16. The van der Waals surface area contributed by atoms with Crippen molar-refractivity contribution in [1.82, 2.24) is 0 Å². The Bertz CT molecular complexity index is 467. The summed E-state index contributed by atoms with van der Waals surface area (Å²) in [6.45, 7) is 1.97. The largest absolute Gasteiger partial charge is 0.366 e. The Balaban J connectivity index is 2.59. The number of benzene rings is 1. The fraction of sp³-hybridized carbons (Fsp3) is 0.500. The van der Waals surface area contributed by atoms with Crippen LogP contribution in [-0.2, 0) is 6.42 Å². The molecule has 0 saturated heterocycles. The van der Waals surface area contributed by atoms with Gasteiger partial charge in [-0.3, -0.25) is 4.79 Å². The van der Waals surface area contributed by atoms with E-state index in [0.717, 1.165) is 24.8 Å². The van der Waals surface area contributed by atoms with E-state index in [9.17, 15) is 13.6 Å². The zero-order chi connectivity index (χ0) is 13.3. The van der Waals surface area contributed by atoms with Crippen molar-refractivity contribution in [3.05, 3.63) is 34.4 Å². The number of rotatable bonds is 5. The summed E-state index contributed by atoms with van der Waals surface area (Å²) in [4.78, 5) is 11.4. The van der Waals surface area contributed by atoms with Crippen molar-refractivity contribution < 1.29 is 13.6 Å². The Hall–Kier alpha value is -1.45. The summed E-state index contributed by atoms with van der Waals surface area (Å²) in [5.74, 6) is -0.337. The highest BCUT2D eigenvalue weighted by Gasteiger charge is 2.32. The Labute approximate surface area is 105 Å². The maximum atomic E-state index is 13.1. The van der Waals surface area contributed by atoms with Gasteiger partial charge in [-0.25, -0.2) is 8.78 Å². The highest BCUT2D eigenvalue weighted by Crippen LogP contribution is 2.46. The van der Waals surface area contributed by atoms with Crippen LogP contribution >= 0.6 is 0 Å². The van der Waals surface area contributed by atoms with Gasteiger partial charge in [-0.05, 0) is 42.4 Å². The summed E-state index contributed by atoms with van der Waals surface area (Å²) in [5, 5.41) is 0. The van der Waals surface area contributed by atoms with E-state index in [2.05, 4.69) is 0 Å². The van der Waals surface area contributed by atoms with Crippen molar-refractivity contribution in [2.75, 3.05) is 0 Å². The van der Waals surface area contributed by atoms with E-state index >= 15 is 0 Å². The minimum absolute atomic E-state index is 0.0750. The van der Waals surface area contributed by atoms with E-state index in [4.69, 9.17) is 5.73 Å². The van der Waals surface area contributed by atoms with Gasteiger partial charge >= 0.3 is 0 Å². The lowest BCUT2D eigenvalue weighted by Gasteiger charge is -2.16. The number of hydrogen-bond acceptors (Lipinski definition) is 1. The lowest BCUT2D eigenvalue weighted by molar-refractivity contribution is 0.0998. The molecule has 0 bridgehead atoms. The molecule has 0 unspecified atom stereocenters. The zero-order valence-corrected chi connectivity index (χ0v) is 10.4. The van der Waals surface area contributed by atoms with Gasteiger partial charge in [0.05, 0.1) is 0 Å². The molecule has 0 heterocycles. The average molecular weight is 253 g/mol. The molecule has 4 heteroatoms. The van der Waals surface area contributed by atoms with Gasteiger partial charge in [0.1, 0.15) is 0 Å². The van der Waals surface area contributed by atoms with Crippen LogP contribution in [0.1, 0.15) is 65.6 Å². The minimum Gasteiger partial charge on any atom is -0.366 e. The first-order valence-corrected chi connectivity index (χ1v) is 6.29. The SMILES string of the molecule is CCCc1c(C(N)=O)ccc(C(F)F)c1C1CC1. The molecule has 0 atom stereocenters. The highest BCUT2D eigenvalue weighted by atomic mass is 19.3. The summed E-state index contributed by atoms with van der Waals surface area (Å²) in [6.07, 6.45) is 0.812. The van der Waals surface area contributed by atoms with Crippen LogP contribution in [0.4, 0.5) is 8.78 Å². The molecule has 1 amide bonds. The van der Waals surface area contributed by atoms with Crippen LogP contribution < -0.4 is 5.73 Å². The number of primary amides is 1. The molecule has 1 aliphatic rings. The third-order valence-corrected chi connectivity index (χ3v) is 3.38. The van der Waals surface area contributed by atoms with Crippen molar-refractivity contribution in [3.8, 4) is 0 Å². The number of carbonyl (C=O) groups excluding carboxylic acids is 1. The third-order valence-electron chi connectivity index (χ3n) is 3.38. The zero-order valence-electron chi connectivity index (χ0n) is 10.4. The van der Waals surface area contributed by atoms with Gasteiger partial charge in [-0.1, -0.05) is 19.4 Å². The van der Waals surface area contributed by atoms with Crippen LogP contribution in [0.5, 0.6) is 0 Å². The molecular weight excluding hydrogens is 236 g/mol. The van der Waals surface area contributed by atoms with E-state index in [-0.39, 0.29) is 11.5 Å². The molecule has 0 radical (unpaired) electrons. The number of amides is 1. The lowest BCUT2D eigenvalue weighted by atomic mass is 9.90. The molecule has 1 fully saturated rings. The molecule has 0 aliphatic heterocycles. The summed E-state index contributed by atoms with van der Waals surface area (Å²) >= 11 is 0. The van der Waals surface area contributed by atoms with Crippen LogP contribution in [0.15, 0.2) is 12.1 Å². The maximum Gasteiger partial charge on any atom is 0.264 e. The highest BCUT2D eigenvalue weighted by molar-refractivity contribution is 5.95. The van der Waals surface area contributed by atoms with Gasteiger partial charge in [-0.15, -0.1) is 0 Å². The molecule has 1 aromatic rings. The molecule has 1 aliphatic carbocycles. The Morgan fingerprint density at radius 1 is 1.44 bits per heavy atom. The number of halogens is 2. The monoisotopic (exact) mass is 253 g/mol. The van der Waals surface area contributed by atoms with Crippen molar-refractivity contribution >= 4 is 5.91 Å². The third kappa shape index (κ3) is 2.37. The van der Waals surface area contributed by atoms with E-state index < -0.39 is 12.3 Å². The van der Waals surface area contributed by atoms with Crippen LogP contribution in [0.3, 0.4) is 0 Å². The van der Waals surface area contributed by atoms with Gasteiger partial charge in [-0.2, -0.15) is 0 Å². The second kappa shape index (κ2) is 5.04. The first kappa shape index (κ1) is 13.0. The first-order valence-electron chi connectivity index (χ1n) is 6.29. The van der Waals surface area contributed by atoms with Gasteiger partial charge < -0.3 is 5.73 Å². The van der Waals surface area contributed by atoms with Crippen molar-refractivity contribution in [2.45, 2.75) is 45.0 Å². The standard InChI is InChI=1S/C14H17F2NO/c1-2-3-9-10(14(17)18)6-7-11(13(15)16)12(9)8-4-5-8/h6-8,13H,2-5H2,1H3,(H2,17,18). The van der Waals surface area contributed by atoms with E-state index in [1.165, 1.54) is 12.1 Å². The first-order chi connectivity index (χ1) is 8.56. The maximum absolute atomic E-state index is 13.1. The fourth-order valence-electron chi connectivity index (χ4n) is 2.48. The van der Waals surface area contributed by atoms with Gasteiger partial charge in [0.2, 0.25) is 5.91 Å². The van der Waals surface area contributed by atoms with Gasteiger partial charge in [0.15, 0.2) is 0 Å². The van der Waals surface area contributed by atoms with Crippen molar-refractivity contribution in [2.24, 2.45) is 5.73 Å². The predicted molar refractivity (Wildman–Crippen MR) is 65.9 cm³/mol. The predicted octanol–water partition coefficient (Wildman–Crippen LogP) is 3.55. The quantitative estimate of drug-likeness (QED) is 0.856. The number of nitrogens with two attached hydrogens (primary N) is 1. The normalized spacial score (nSPS) is 15.1. The minimum atomic E-state index is -2.49. The molecule has 1 saturated carbocycles.